The number of hydrogen-bond acceptors (Lipinski definition) is 6. The molecule has 1 N–H and O–H groups in total. The number of hydrogen-bond donors (Lipinski definition) is 1. The third-order valence-electron chi connectivity index (χ3n) is 2.45. The summed E-state index contributed by atoms with van der Waals surface area (Å²) < 4.78 is 1.03. The van der Waals surface area contributed by atoms with Gasteiger partial charge in [-0.25, -0.2) is 0 Å². The van der Waals surface area contributed by atoms with Crippen molar-refractivity contribution < 1.29 is 0 Å². The average molecular weight is 270 g/mol. The first kappa shape index (κ1) is 14.4. The van der Waals surface area contributed by atoms with Gasteiger partial charge in [0.2, 0.25) is 0 Å². The minimum absolute atomic E-state index is 0.373. The molecule has 6 heteroatoms. The van der Waals surface area contributed by atoms with Crippen molar-refractivity contribution in [1.82, 2.24) is 15.5 Å². The van der Waals surface area contributed by atoms with Crippen LogP contribution in [0.2, 0.25) is 0 Å². The summed E-state index contributed by atoms with van der Waals surface area (Å²) in [6.07, 6.45) is 3.06. The number of unbranched alkanes of at least 4 members (excludes halogenated alkanes) is 1. The van der Waals surface area contributed by atoms with Crippen LogP contribution in [0.5, 0.6) is 0 Å². The normalized spacial score (nSPS) is 14.2. The van der Waals surface area contributed by atoms with Crippen LogP contribution in [0.1, 0.15) is 33.1 Å². The summed E-state index contributed by atoms with van der Waals surface area (Å²) in [6.45, 7) is 4.83. The van der Waals surface area contributed by atoms with Crippen molar-refractivity contribution in [3.63, 3.8) is 0 Å². The Bertz CT molecular complexity index is 347. The first-order chi connectivity index (χ1) is 8.20. The fourth-order valence-electron chi connectivity index (χ4n) is 1.54. The monoisotopic (exact) mass is 270 g/mol. The molecule has 1 unspecified atom stereocenters. The molecule has 0 aliphatic rings. The second-order valence-electron chi connectivity index (χ2n) is 3.98. The minimum Gasteiger partial charge on any atom is -0.300 e. The molecular weight excluding hydrogens is 252 g/mol. The maximum atomic E-state index is 9.09. The van der Waals surface area contributed by atoms with E-state index in [9.17, 15) is 0 Å². The van der Waals surface area contributed by atoms with Gasteiger partial charge >= 0.3 is 0 Å². The van der Waals surface area contributed by atoms with E-state index >= 15 is 0 Å². The molecule has 0 aliphatic carbocycles. The predicted molar refractivity (Wildman–Crippen MR) is 72.2 cm³/mol. The molecule has 1 aromatic rings. The maximum Gasteiger partial charge on any atom is 0.174 e. The van der Waals surface area contributed by atoms with Crippen LogP contribution in [0.15, 0.2) is 9.85 Å². The molecule has 1 aromatic heterocycles. The number of thioether (sulfide) groups is 1. The molecule has 0 aromatic carbocycles. The van der Waals surface area contributed by atoms with Gasteiger partial charge in [0.15, 0.2) is 4.34 Å². The van der Waals surface area contributed by atoms with E-state index in [0.29, 0.717) is 0 Å². The third kappa shape index (κ3) is 5.48. The Labute approximate surface area is 111 Å². The highest BCUT2D eigenvalue weighted by Gasteiger charge is 2.20. The SMILES string of the molecule is CCNC(C)(C#N)CCCCSc1nncs1. The standard InChI is InChI=1S/C11H18N4S2/c1-3-13-11(2,8-12)6-4-5-7-16-10-15-14-9-17-10/h9,13H,3-7H2,1-2H3. The number of aromatic nitrogens is 2. The Morgan fingerprint density at radius 1 is 1.59 bits per heavy atom. The van der Waals surface area contributed by atoms with Gasteiger partial charge in [-0.3, -0.25) is 5.32 Å². The molecule has 0 radical (unpaired) electrons. The van der Waals surface area contributed by atoms with Crippen molar-refractivity contribution in [2.75, 3.05) is 12.3 Å². The largest absolute Gasteiger partial charge is 0.300 e. The molecule has 0 saturated heterocycles. The number of rotatable bonds is 8. The van der Waals surface area contributed by atoms with Gasteiger partial charge in [-0.1, -0.05) is 30.0 Å². The summed E-state index contributed by atoms with van der Waals surface area (Å²) in [5.74, 6) is 1.04. The quantitative estimate of drug-likeness (QED) is 0.581. The Morgan fingerprint density at radius 2 is 2.41 bits per heavy atom. The van der Waals surface area contributed by atoms with E-state index < -0.39 is 0 Å². The Hall–Kier alpha value is -0.640. The second-order valence-corrected chi connectivity index (χ2v) is 6.16. The van der Waals surface area contributed by atoms with Crippen molar-refractivity contribution in [2.45, 2.75) is 43.0 Å². The second kappa shape index (κ2) is 7.64. The molecule has 17 heavy (non-hydrogen) atoms. The van der Waals surface area contributed by atoms with Crippen LogP contribution in [-0.4, -0.2) is 28.0 Å². The first-order valence-electron chi connectivity index (χ1n) is 5.75. The molecule has 1 atom stereocenters. The third-order valence-corrected chi connectivity index (χ3v) is 4.40. The molecule has 0 fully saturated rings. The van der Waals surface area contributed by atoms with Crippen LogP contribution in [0.4, 0.5) is 0 Å². The first-order valence-corrected chi connectivity index (χ1v) is 7.62. The lowest BCUT2D eigenvalue weighted by atomic mass is 9.97. The van der Waals surface area contributed by atoms with Crippen LogP contribution >= 0.6 is 23.1 Å². The number of nitriles is 1. The Balaban J connectivity index is 2.13. The zero-order valence-corrected chi connectivity index (χ0v) is 11.9. The average Bonchev–Trinajstić information content (AvgIpc) is 2.82. The van der Waals surface area contributed by atoms with E-state index in [4.69, 9.17) is 5.26 Å². The van der Waals surface area contributed by atoms with E-state index in [0.717, 1.165) is 35.9 Å². The molecular formula is C11H18N4S2. The van der Waals surface area contributed by atoms with E-state index in [1.54, 1.807) is 28.6 Å². The van der Waals surface area contributed by atoms with Gasteiger partial charge in [-0.15, -0.1) is 10.2 Å². The fourth-order valence-corrected chi connectivity index (χ4v) is 3.10. The lowest BCUT2D eigenvalue weighted by molar-refractivity contribution is 0.415. The van der Waals surface area contributed by atoms with Crippen LogP contribution in [-0.2, 0) is 0 Å². The lowest BCUT2D eigenvalue weighted by Gasteiger charge is -2.22. The molecule has 0 amide bonds. The fraction of sp³-hybridized carbons (Fsp3) is 0.727. The van der Waals surface area contributed by atoms with Gasteiger partial charge in [0.05, 0.1) is 6.07 Å². The summed E-state index contributed by atoms with van der Waals surface area (Å²) >= 11 is 3.32. The van der Waals surface area contributed by atoms with E-state index in [1.165, 1.54) is 0 Å². The van der Waals surface area contributed by atoms with E-state index in [2.05, 4.69) is 21.6 Å². The zero-order chi connectivity index (χ0) is 12.6. The molecule has 0 spiro atoms. The van der Waals surface area contributed by atoms with Crippen molar-refractivity contribution in [3.8, 4) is 6.07 Å². The van der Waals surface area contributed by atoms with Gasteiger partial charge in [-0.2, -0.15) is 5.26 Å². The highest BCUT2D eigenvalue weighted by molar-refractivity contribution is 8.00. The maximum absolute atomic E-state index is 9.09. The van der Waals surface area contributed by atoms with Crippen LogP contribution < -0.4 is 5.32 Å². The highest BCUT2D eigenvalue weighted by atomic mass is 32.2. The van der Waals surface area contributed by atoms with Gasteiger partial charge in [0.25, 0.3) is 0 Å². The van der Waals surface area contributed by atoms with Gasteiger partial charge < -0.3 is 0 Å². The molecule has 94 valence electrons. The van der Waals surface area contributed by atoms with Crippen molar-refractivity contribution in [1.29, 1.82) is 5.26 Å². The molecule has 0 bridgehead atoms. The van der Waals surface area contributed by atoms with Crippen LogP contribution in [0.25, 0.3) is 0 Å². The van der Waals surface area contributed by atoms with E-state index in [-0.39, 0.29) is 5.54 Å². The van der Waals surface area contributed by atoms with Crippen molar-refractivity contribution >= 4 is 23.1 Å². The van der Waals surface area contributed by atoms with Gasteiger partial charge in [-0.05, 0) is 32.7 Å². The topological polar surface area (TPSA) is 61.6 Å². The Kier molecular flexibility index (Phi) is 6.48. The van der Waals surface area contributed by atoms with Crippen molar-refractivity contribution in [3.05, 3.63) is 5.51 Å². The summed E-state index contributed by atoms with van der Waals surface area (Å²) in [5, 5.41) is 20.1. The smallest absolute Gasteiger partial charge is 0.174 e. The van der Waals surface area contributed by atoms with Crippen molar-refractivity contribution in [2.24, 2.45) is 0 Å². The number of nitrogens with one attached hydrogen (secondary N) is 1. The van der Waals surface area contributed by atoms with E-state index in [1.807, 2.05) is 13.8 Å². The van der Waals surface area contributed by atoms with Crippen LogP contribution in [0, 0.1) is 11.3 Å². The molecule has 4 nitrogen and oxygen atoms in total. The van der Waals surface area contributed by atoms with Crippen LogP contribution in [0.3, 0.4) is 0 Å². The summed E-state index contributed by atoms with van der Waals surface area (Å²) in [5.41, 5.74) is 1.38. The molecule has 0 saturated carbocycles. The Morgan fingerprint density at radius 3 is 3.00 bits per heavy atom. The summed E-state index contributed by atoms with van der Waals surface area (Å²) in [7, 11) is 0. The van der Waals surface area contributed by atoms with Gasteiger partial charge in [0, 0.05) is 5.75 Å². The zero-order valence-electron chi connectivity index (χ0n) is 10.3. The summed E-state index contributed by atoms with van der Waals surface area (Å²) in [4.78, 5) is 0. The highest BCUT2D eigenvalue weighted by Crippen LogP contribution is 2.21. The lowest BCUT2D eigenvalue weighted by Crippen LogP contribution is -2.40. The summed E-state index contributed by atoms with van der Waals surface area (Å²) in [6, 6.07) is 2.35. The minimum atomic E-state index is -0.373. The molecule has 1 rings (SSSR count). The predicted octanol–water partition coefficient (Wildman–Crippen LogP) is 2.69. The number of nitrogens with zero attached hydrogens (tertiary/aromatic N) is 3. The molecule has 1 heterocycles. The molecule has 0 aliphatic heterocycles. The van der Waals surface area contributed by atoms with Gasteiger partial charge in [0.1, 0.15) is 11.0 Å².